The maximum absolute atomic E-state index is 11.9. The lowest BCUT2D eigenvalue weighted by atomic mass is 9.86. The summed E-state index contributed by atoms with van der Waals surface area (Å²) in [7, 11) is 0. The van der Waals surface area contributed by atoms with Crippen LogP contribution in [0.5, 0.6) is 0 Å². The summed E-state index contributed by atoms with van der Waals surface area (Å²) in [5.74, 6) is 0.172. The minimum Gasteiger partial charge on any atom is -0.396 e. The molecule has 1 aromatic heterocycles. The van der Waals surface area contributed by atoms with Crippen molar-refractivity contribution >= 4 is 5.91 Å². The van der Waals surface area contributed by atoms with Gasteiger partial charge in [-0.15, -0.1) is 0 Å². The molecule has 0 saturated heterocycles. The summed E-state index contributed by atoms with van der Waals surface area (Å²) >= 11 is 0. The topological polar surface area (TPSA) is 82.2 Å². The van der Waals surface area contributed by atoms with Crippen molar-refractivity contribution < 1.29 is 9.90 Å². The Morgan fingerprint density at radius 1 is 1.39 bits per heavy atom. The molecule has 0 spiro atoms. The lowest BCUT2D eigenvalue weighted by molar-refractivity contribution is 0.0913. The second kappa shape index (κ2) is 5.82. The van der Waals surface area contributed by atoms with Crippen LogP contribution < -0.4 is 10.9 Å². The van der Waals surface area contributed by atoms with Gasteiger partial charge in [0.25, 0.3) is 5.91 Å². The van der Waals surface area contributed by atoms with E-state index >= 15 is 0 Å². The predicted molar refractivity (Wildman–Crippen MR) is 67.4 cm³/mol. The molecule has 0 atom stereocenters. The molecule has 98 valence electrons. The molecule has 2 rings (SSSR count). The molecule has 1 heterocycles. The van der Waals surface area contributed by atoms with Crippen LogP contribution in [0.2, 0.25) is 0 Å². The van der Waals surface area contributed by atoms with Gasteiger partial charge in [0.2, 0.25) is 5.56 Å². The van der Waals surface area contributed by atoms with Gasteiger partial charge < -0.3 is 15.4 Å². The first kappa shape index (κ1) is 12.8. The number of aliphatic hydroxyl groups excluding tert-OH is 1. The predicted octanol–water partition coefficient (Wildman–Crippen LogP) is 0.656. The van der Waals surface area contributed by atoms with Crippen LogP contribution in [0.25, 0.3) is 0 Å². The number of aromatic nitrogens is 1. The molecule has 0 aromatic carbocycles. The number of rotatable bonds is 3. The molecule has 3 N–H and O–H groups in total. The van der Waals surface area contributed by atoms with Gasteiger partial charge >= 0.3 is 0 Å². The van der Waals surface area contributed by atoms with Gasteiger partial charge in [0, 0.05) is 30.5 Å². The third-order valence-electron chi connectivity index (χ3n) is 3.48. The molecule has 1 aliphatic carbocycles. The van der Waals surface area contributed by atoms with Gasteiger partial charge in [-0.1, -0.05) is 0 Å². The third-order valence-corrected chi connectivity index (χ3v) is 3.48. The van der Waals surface area contributed by atoms with Crippen LogP contribution in [0, 0.1) is 5.92 Å². The minimum atomic E-state index is -0.272. The molecule has 1 amide bonds. The van der Waals surface area contributed by atoms with E-state index in [1.165, 1.54) is 12.3 Å². The maximum Gasteiger partial charge on any atom is 0.251 e. The molecule has 0 radical (unpaired) electrons. The first-order valence-electron chi connectivity index (χ1n) is 6.29. The molecule has 0 bridgehead atoms. The van der Waals surface area contributed by atoms with Crippen molar-refractivity contribution in [1.82, 2.24) is 10.3 Å². The summed E-state index contributed by atoms with van der Waals surface area (Å²) in [6.45, 7) is 0.231. The average Bonchev–Trinajstić information content (AvgIpc) is 2.39. The fraction of sp³-hybridized carbons (Fsp3) is 0.538. The Labute approximate surface area is 105 Å². The molecular weight excluding hydrogens is 232 g/mol. The van der Waals surface area contributed by atoms with Crippen molar-refractivity contribution in [1.29, 1.82) is 0 Å². The quantitative estimate of drug-likeness (QED) is 0.737. The van der Waals surface area contributed by atoms with Crippen LogP contribution >= 0.6 is 0 Å². The van der Waals surface area contributed by atoms with Crippen molar-refractivity contribution in [3.05, 3.63) is 34.2 Å². The number of hydrogen-bond donors (Lipinski definition) is 3. The first-order chi connectivity index (χ1) is 8.69. The van der Waals surface area contributed by atoms with Crippen molar-refractivity contribution in [2.75, 3.05) is 6.61 Å². The molecule has 1 aromatic rings. The third kappa shape index (κ3) is 3.20. The van der Waals surface area contributed by atoms with E-state index in [1.54, 1.807) is 6.07 Å². The van der Waals surface area contributed by atoms with Crippen molar-refractivity contribution in [2.45, 2.75) is 31.7 Å². The van der Waals surface area contributed by atoms with Gasteiger partial charge in [-0.05, 0) is 37.7 Å². The van der Waals surface area contributed by atoms with Crippen molar-refractivity contribution in [3.63, 3.8) is 0 Å². The lowest BCUT2D eigenvalue weighted by Crippen LogP contribution is -2.38. The standard InChI is InChI=1S/C13H18N2O3/c16-8-9-1-3-11(4-2-9)15-13(18)10-5-6-14-12(17)7-10/h5-7,9,11,16H,1-4,8H2,(H,14,17)(H,15,18). The highest BCUT2D eigenvalue weighted by Crippen LogP contribution is 2.23. The molecule has 18 heavy (non-hydrogen) atoms. The van der Waals surface area contributed by atoms with Crippen molar-refractivity contribution in [3.8, 4) is 0 Å². The molecular formula is C13H18N2O3. The van der Waals surface area contributed by atoms with E-state index in [-0.39, 0.29) is 24.1 Å². The van der Waals surface area contributed by atoms with E-state index in [4.69, 9.17) is 5.11 Å². The molecule has 0 aliphatic heterocycles. The summed E-state index contributed by atoms with van der Waals surface area (Å²) in [6, 6.07) is 3.05. The van der Waals surface area contributed by atoms with E-state index in [0.717, 1.165) is 25.7 Å². The first-order valence-corrected chi connectivity index (χ1v) is 6.29. The number of aromatic amines is 1. The molecule has 1 aliphatic rings. The summed E-state index contributed by atoms with van der Waals surface area (Å²) in [5, 5.41) is 12.0. The highest BCUT2D eigenvalue weighted by molar-refractivity contribution is 5.94. The van der Waals surface area contributed by atoms with Crippen LogP contribution in [-0.4, -0.2) is 28.6 Å². The number of hydrogen-bond acceptors (Lipinski definition) is 3. The molecule has 1 fully saturated rings. The van der Waals surface area contributed by atoms with Gasteiger partial charge in [-0.25, -0.2) is 0 Å². The zero-order valence-electron chi connectivity index (χ0n) is 10.2. The fourth-order valence-corrected chi connectivity index (χ4v) is 2.34. The molecule has 1 saturated carbocycles. The van der Waals surface area contributed by atoms with Crippen LogP contribution in [0.4, 0.5) is 0 Å². The SMILES string of the molecule is O=C(NC1CCC(CO)CC1)c1cc[nH]c(=O)c1. The number of carbonyl (C=O) groups is 1. The van der Waals surface area contributed by atoms with Gasteiger partial charge in [-0.2, -0.15) is 0 Å². The van der Waals surface area contributed by atoms with Gasteiger partial charge in [0.15, 0.2) is 0 Å². The smallest absolute Gasteiger partial charge is 0.251 e. The average molecular weight is 250 g/mol. The number of nitrogens with one attached hydrogen (secondary N) is 2. The summed E-state index contributed by atoms with van der Waals surface area (Å²) in [6.07, 6.45) is 5.13. The number of amides is 1. The monoisotopic (exact) mass is 250 g/mol. The second-order valence-corrected chi connectivity index (χ2v) is 4.82. The number of carbonyl (C=O) groups excluding carboxylic acids is 1. The Morgan fingerprint density at radius 3 is 2.72 bits per heavy atom. The molecule has 5 nitrogen and oxygen atoms in total. The van der Waals surface area contributed by atoms with E-state index < -0.39 is 0 Å². The molecule has 0 unspecified atom stereocenters. The zero-order chi connectivity index (χ0) is 13.0. The maximum atomic E-state index is 11.9. The number of H-pyrrole nitrogens is 1. The van der Waals surface area contributed by atoms with Gasteiger partial charge in [0.1, 0.15) is 0 Å². The minimum absolute atomic E-state index is 0.152. The zero-order valence-corrected chi connectivity index (χ0v) is 10.2. The van der Waals surface area contributed by atoms with E-state index in [0.29, 0.717) is 11.5 Å². The van der Waals surface area contributed by atoms with E-state index in [9.17, 15) is 9.59 Å². The summed E-state index contributed by atoms with van der Waals surface area (Å²) < 4.78 is 0. The molecule has 5 heteroatoms. The van der Waals surface area contributed by atoms with Crippen LogP contribution in [0.15, 0.2) is 23.1 Å². The fourth-order valence-electron chi connectivity index (χ4n) is 2.34. The van der Waals surface area contributed by atoms with Gasteiger partial charge in [-0.3, -0.25) is 9.59 Å². The van der Waals surface area contributed by atoms with Crippen LogP contribution in [-0.2, 0) is 0 Å². The summed E-state index contributed by atoms with van der Waals surface area (Å²) in [5.41, 5.74) is 0.120. The van der Waals surface area contributed by atoms with E-state index in [2.05, 4.69) is 10.3 Å². The second-order valence-electron chi connectivity index (χ2n) is 4.82. The number of pyridine rings is 1. The Hall–Kier alpha value is -1.62. The van der Waals surface area contributed by atoms with Crippen molar-refractivity contribution in [2.24, 2.45) is 5.92 Å². The van der Waals surface area contributed by atoms with E-state index in [1.807, 2.05) is 0 Å². The Morgan fingerprint density at radius 2 is 2.11 bits per heavy atom. The Balaban J connectivity index is 1.90. The van der Waals surface area contributed by atoms with Crippen LogP contribution in [0.3, 0.4) is 0 Å². The highest BCUT2D eigenvalue weighted by Gasteiger charge is 2.22. The highest BCUT2D eigenvalue weighted by atomic mass is 16.3. The Bertz CT molecular complexity index is 461. The Kier molecular flexibility index (Phi) is 4.15. The summed E-state index contributed by atoms with van der Waals surface area (Å²) in [4.78, 5) is 25.5. The van der Waals surface area contributed by atoms with Gasteiger partial charge in [0.05, 0.1) is 0 Å². The number of aliphatic hydroxyl groups is 1. The lowest BCUT2D eigenvalue weighted by Gasteiger charge is -2.27. The van der Waals surface area contributed by atoms with Crippen LogP contribution in [0.1, 0.15) is 36.0 Å². The largest absolute Gasteiger partial charge is 0.396 e. The normalized spacial score (nSPS) is 23.6.